The Hall–Kier alpha value is -0.570. The first-order valence-electron chi connectivity index (χ1n) is 6.30. The van der Waals surface area contributed by atoms with Crippen molar-refractivity contribution in [2.24, 2.45) is 5.92 Å². The third kappa shape index (κ3) is 4.52. The minimum Gasteiger partial charge on any atom is -0.480 e. The summed E-state index contributed by atoms with van der Waals surface area (Å²) in [7, 11) is 1.91. The second-order valence-electron chi connectivity index (χ2n) is 5.16. The zero-order chi connectivity index (χ0) is 12.8. The zero-order valence-electron chi connectivity index (χ0n) is 11.4. The van der Waals surface area contributed by atoms with E-state index in [9.17, 15) is 4.79 Å². The number of unbranched alkanes of at least 4 members (excludes halogenated alkanes) is 1. The van der Waals surface area contributed by atoms with Crippen molar-refractivity contribution >= 4 is 5.97 Å². The molecule has 0 fully saturated rings. The van der Waals surface area contributed by atoms with Gasteiger partial charge in [-0.1, -0.05) is 33.1 Å². The smallest absolute Gasteiger partial charge is 0.323 e. The summed E-state index contributed by atoms with van der Waals surface area (Å²) in [6.07, 6.45) is 4.77. The van der Waals surface area contributed by atoms with Gasteiger partial charge in [-0.15, -0.1) is 0 Å². The van der Waals surface area contributed by atoms with Gasteiger partial charge in [-0.25, -0.2) is 0 Å². The molecule has 1 atom stereocenters. The SMILES string of the molecule is CCCCC(CC)CN(C)C(C)(C)C(=O)O. The number of likely N-dealkylation sites (N-methyl/N-ethyl adjacent to an activating group) is 1. The van der Waals surface area contributed by atoms with Gasteiger partial charge in [0.2, 0.25) is 0 Å². The Labute approximate surface area is 99.8 Å². The molecule has 1 unspecified atom stereocenters. The summed E-state index contributed by atoms with van der Waals surface area (Å²) in [6, 6.07) is 0. The van der Waals surface area contributed by atoms with Gasteiger partial charge in [0.15, 0.2) is 0 Å². The van der Waals surface area contributed by atoms with Crippen molar-refractivity contribution in [1.82, 2.24) is 4.90 Å². The Morgan fingerprint density at radius 1 is 1.38 bits per heavy atom. The molecule has 0 spiro atoms. The van der Waals surface area contributed by atoms with E-state index in [1.54, 1.807) is 13.8 Å². The Bertz CT molecular complexity index is 214. The molecule has 0 saturated heterocycles. The lowest BCUT2D eigenvalue weighted by atomic mass is 9.95. The molecule has 0 aliphatic rings. The van der Waals surface area contributed by atoms with Crippen LogP contribution in [0.3, 0.4) is 0 Å². The van der Waals surface area contributed by atoms with E-state index >= 15 is 0 Å². The fourth-order valence-electron chi connectivity index (χ4n) is 1.70. The molecule has 0 amide bonds. The Morgan fingerprint density at radius 3 is 2.31 bits per heavy atom. The molecule has 0 aromatic carbocycles. The highest BCUT2D eigenvalue weighted by atomic mass is 16.4. The largest absolute Gasteiger partial charge is 0.480 e. The normalized spacial score (nSPS) is 14.1. The standard InChI is InChI=1S/C13H27NO2/c1-6-8-9-11(7-2)10-14(5)13(3,4)12(15)16/h11H,6-10H2,1-5H3,(H,15,16). The molecule has 3 nitrogen and oxygen atoms in total. The first kappa shape index (κ1) is 15.4. The van der Waals surface area contributed by atoms with Crippen molar-refractivity contribution in [2.75, 3.05) is 13.6 Å². The molecule has 0 heterocycles. The average Bonchev–Trinajstić information content (AvgIpc) is 2.23. The predicted octanol–water partition coefficient (Wildman–Crippen LogP) is 3.00. The van der Waals surface area contributed by atoms with Gasteiger partial charge >= 0.3 is 5.97 Å². The number of hydrogen-bond donors (Lipinski definition) is 1. The quantitative estimate of drug-likeness (QED) is 0.695. The summed E-state index contributed by atoms with van der Waals surface area (Å²) in [5.74, 6) is -0.135. The maximum atomic E-state index is 11.1. The fraction of sp³-hybridized carbons (Fsp3) is 0.923. The number of carbonyl (C=O) groups is 1. The van der Waals surface area contributed by atoms with E-state index in [0.29, 0.717) is 5.92 Å². The van der Waals surface area contributed by atoms with Crippen molar-refractivity contribution in [3.05, 3.63) is 0 Å². The maximum Gasteiger partial charge on any atom is 0.323 e. The van der Waals surface area contributed by atoms with Crippen LogP contribution in [-0.2, 0) is 4.79 Å². The van der Waals surface area contributed by atoms with Crippen LogP contribution >= 0.6 is 0 Å². The van der Waals surface area contributed by atoms with Crippen molar-refractivity contribution in [2.45, 2.75) is 58.9 Å². The minimum absolute atomic E-state index is 0.614. The molecule has 0 rings (SSSR count). The summed E-state index contributed by atoms with van der Waals surface area (Å²) in [5, 5.41) is 9.13. The highest BCUT2D eigenvalue weighted by molar-refractivity contribution is 5.77. The number of aliphatic carboxylic acids is 1. The Balaban J connectivity index is 4.28. The highest BCUT2D eigenvalue weighted by Gasteiger charge is 2.32. The Kier molecular flexibility index (Phi) is 6.65. The van der Waals surface area contributed by atoms with Crippen LogP contribution in [0.2, 0.25) is 0 Å². The van der Waals surface area contributed by atoms with Crippen molar-refractivity contribution in [1.29, 1.82) is 0 Å². The fourth-order valence-corrected chi connectivity index (χ4v) is 1.70. The number of carboxylic acid groups (broad SMARTS) is 1. The van der Waals surface area contributed by atoms with Gasteiger partial charge in [0.1, 0.15) is 5.54 Å². The van der Waals surface area contributed by atoms with Crippen molar-refractivity contribution < 1.29 is 9.90 Å². The highest BCUT2D eigenvalue weighted by Crippen LogP contribution is 2.19. The topological polar surface area (TPSA) is 40.5 Å². The second kappa shape index (κ2) is 6.89. The van der Waals surface area contributed by atoms with Crippen LogP contribution in [0.5, 0.6) is 0 Å². The third-order valence-corrected chi connectivity index (χ3v) is 3.55. The number of nitrogens with zero attached hydrogens (tertiary/aromatic N) is 1. The molecule has 3 heteroatoms. The first-order valence-corrected chi connectivity index (χ1v) is 6.30. The van der Waals surface area contributed by atoms with Gasteiger partial charge < -0.3 is 5.11 Å². The first-order chi connectivity index (χ1) is 7.36. The molecule has 16 heavy (non-hydrogen) atoms. The summed E-state index contributed by atoms with van der Waals surface area (Å²) < 4.78 is 0. The van der Waals surface area contributed by atoms with Gasteiger partial charge in [-0.3, -0.25) is 9.69 Å². The van der Waals surface area contributed by atoms with E-state index in [4.69, 9.17) is 5.11 Å². The van der Waals surface area contributed by atoms with E-state index in [1.807, 2.05) is 11.9 Å². The molecule has 0 radical (unpaired) electrons. The zero-order valence-corrected chi connectivity index (χ0v) is 11.4. The predicted molar refractivity (Wildman–Crippen MR) is 67.7 cm³/mol. The van der Waals surface area contributed by atoms with Crippen LogP contribution in [0.25, 0.3) is 0 Å². The number of carboxylic acids is 1. The van der Waals surface area contributed by atoms with Crippen LogP contribution < -0.4 is 0 Å². The van der Waals surface area contributed by atoms with Crippen molar-refractivity contribution in [3.8, 4) is 0 Å². The van der Waals surface area contributed by atoms with Crippen molar-refractivity contribution in [3.63, 3.8) is 0 Å². The van der Waals surface area contributed by atoms with Crippen LogP contribution in [0.1, 0.15) is 53.4 Å². The lowest BCUT2D eigenvalue weighted by Crippen LogP contribution is -2.49. The summed E-state index contributed by atoms with van der Waals surface area (Å²) in [4.78, 5) is 13.1. The van der Waals surface area contributed by atoms with Gasteiger partial charge in [-0.05, 0) is 33.2 Å². The number of rotatable bonds is 8. The van der Waals surface area contributed by atoms with Crippen LogP contribution in [0, 0.1) is 5.92 Å². The molecule has 96 valence electrons. The molecular weight excluding hydrogens is 202 g/mol. The molecule has 0 aromatic heterocycles. The van der Waals surface area contributed by atoms with Gasteiger partial charge in [-0.2, -0.15) is 0 Å². The minimum atomic E-state index is -0.764. The molecular formula is C13H27NO2. The average molecular weight is 229 g/mol. The van der Waals surface area contributed by atoms with Crippen LogP contribution in [-0.4, -0.2) is 35.1 Å². The lowest BCUT2D eigenvalue weighted by molar-refractivity contribution is -0.148. The van der Waals surface area contributed by atoms with E-state index in [0.717, 1.165) is 13.0 Å². The molecule has 0 aliphatic carbocycles. The number of hydrogen-bond acceptors (Lipinski definition) is 2. The lowest BCUT2D eigenvalue weighted by Gasteiger charge is -2.34. The summed E-state index contributed by atoms with van der Waals surface area (Å²) >= 11 is 0. The summed E-state index contributed by atoms with van der Waals surface area (Å²) in [5.41, 5.74) is -0.764. The molecule has 0 saturated carbocycles. The monoisotopic (exact) mass is 229 g/mol. The molecule has 1 N–H and O–H groups in total. The van der Waals surface area contributed by atoms with Gasteiger partial charge in [0, 0.05) is 6.54 Å². The van der Waals surface area contributed by atoms with E-state index in [-0.39, 0.29) is 0 Å². The van der Waals surface area contributed by atoms with E-state index in [2.05, 4.69) is 13.8 Å². The van der Waals surface area contributed by atoms with Crippen LogP contribution in [0.4, 0.5) is 0 Å². The molecule has 0 aromatic rings. The maximum absolute atomic E-state index is 11.1. The van der Waals surface area contributed by atoms with Crippen LogP contribution in [0.15, 0.2) is 0 Å². The molecule has 0 aliphatic heterocycles. The summed E-state index contributed by atoms with van der Waals surface area (Å²) in [6.45, 7) is 8.78. The third-order valence-electron chi connectivity index (χ3n) is 3.55. The second-order valence-corrected chi connectivity index (χ2v) is 5.16. The van der Waals surface area contributed by atoms with Gasteiger partial charge in [0.05, 0.1) is 0 Å². The van der Waals surface area contributed by atoms with E-state index in [1.165, 1.54) is 19.3 Å². The molecule has 0 bridgehead atoms. The van der Waals surface area contributed by atoms with E-state index < -0.39 is 11.5 Å². The van der Waals surface area contributed by atoms with Gasteiger partial charge in [0.25, 0.3) is 0 Å². The Morgan fingerprint density at radius 2 is 1.94 bits per heavy atom.